The molecule has 11 heteroatoms. The third kappa shape index (κ3) is 4.96. The zero-order valence-corrected chi connectivity index (χ0v) is 15.6. The summed E-state index contributed by atoms with van der Waals surface area (Å²) in [5.41, 5.74) is 0.421. The van der Waals surface area contributed by atoms with Gasteiger partial charge in [0.2, 0.25) is 0 Å². The molecule has 0 saturated carbocycles. The van der Waals surface area contributed by atoms with Gasteiger partial charge in [-0.05, 0) is 30.3 Å². The van der Waals surface area contributed by atoms with E-state index in [2.05, 4.69) is 14.6 Å². The highest BCUT2D eigenvalue weighted by Gasteiger charge is 2.29. The molecule has 1 aromatic heterocycles. The van der Waals surface area contributed by atoms with Crippen LogP contribution in [0.3, 0.4) is 0 Å². The molecule has 148 valence electrons. The van der Waals surface area contributed by atoms with Gasteiger partial charge in [0.15, 0.2) is 6.61 Å². The fourth-order valence-corrected chi connectivity index (χ4v) is 3.40. The molecule has 0 saturated heterocycles. The van der Waals surface area contributed by atoms with Gasteiger partial charge in [0.25, 0.3) is 10.0 Å². The van der Waals surface area contributed by atoms with Crippen molar-refractivity contribution in [2.24, 2.45) is 0 Å². The minimum absolute atomic E-state index is 0.122. The van der Waals surface area contributed by atoms with Crippen LogP contribution >= 0.6 is 11.6 Å². The van der Waals surface area contributed by atoms with Crippen molar-refractivity contribution < 1.29 is 26.3 Å². The molecular formula is C17H13ClF3N3O3S. The minimum Gasteiger partial charge on any atom is -0.482 e. The van der Waals surface area contributed by atoms with Gasteiger partial charge in [-0.15, -0.1) is 0 Å². The molecule has 6 nitrogen and oxygen atoms in total. The van der Waals surface area contributed by atoms with Crippen molar-refractivity contribution in [2.75, 3.05) is 11.3 Å². The molecule has 28 heavy (non-hydrogen) atoms. The molecule has 0 fully saturated rings. The Kier molecular flexibility index (Phi) is 5.52. The van der Waals surface area contributed by atoms with E-state index < -0.39 is 22.8 Å². The molecular weight excluding hydrogens is 419 g/mol. The first kappa shape index (κ1) is 20.0. The Balaban J connectivity index is 1.86. The molecule has 0 aliphatic carbocycles. The Morgan fingerprint density at radius 2 is 1.86 bits per heavy atom. The molecule has 0 aliphatic heterocycles. The third-order valence-electron chi connectivity index (χ3n) is 3.47. The number of halogens is 4. The lowest BCUT2D eigenvalue weighted by atomic mass is 10.3. The summed E-state index contributed by atoms with van der Waals surface area (Å²) in [4.78, 5) is -0.182. The van der Waals surface area contributed by atoms with Crippen LogP contribution in [0.1, 0.15) is 0 Å². The molecule has 0 aliphatic rings. The monoisotopic (exact) mass is 431 g/mol. The van der Waals surface area contributed by atoms with Crippen LogP contribution in [0.25, 0.3) is 5.69 Å². The molecule has 0 amide bonds. The van der Waals surface area contributed by atoms with E-state index >= 15 is 0 Å². The standard InChI is InChI=1S/C17H13ClF3N3O3S/c18-12-6-7-16(27-11-17(19,20)21)15(8-12)23-28(25,26)14-9-22-24(10-14)13-4-2-1-3-5-13/h1-10,23H,11H2. The Bertz CT molecular complexity index is 1070. The summed E-state index contributed by atoms with van der Waals surface area (Å²) in [7, 11) is -4.15. The lowest BCUT2D eigenvalue weighted by Gasteiger charge is -2.14. The van der Waals surface area contributed by atoms with Gasteiger partial charge < -0.3 is 4.74 Å². The summed E-state index contributed by atoms with van der Waals surface area (Å²) in [6.45, 7) is -1.57. The largest absolute Gasteiger partial charge is 0.482 e. The van der Waals surface area contributed by atoms with Crippen LogP contribution < -0.4 is 9.46 Å². The van der Waals surface area contributed by atoms with E-state index in [0.717, 1.165) is 18.3 Å². The van der Waals surface area contributed by atoms with Crippen LogP contribution in [0.2, 0.25) is 5.02 Å². The maximum absolute atomic E-state index is 12.6. The van der Waals surface area contributed by atoms with Gasteiger partial charge >= 0.3 is 6.18 Å². The second-order valence-corrected chi connectivity index (χ2v) is 7.72. The number of para-hydroxylation sites is 1. The molecule has 3 rings (SSSR count). The van der Waals surface area contributed by atoms with Gasteiger partial charge in [0.1, 0.15) is 10.6 Å². The summed E-state index contributed by atoms with van der Waals surface area (Å²) in [5.74, 6) is -0.305. The van der Waals surface area contributed by atoms with Crippen molar-refractivity contribution in [3.05, 3.63) is 65.9 Å². The van der Waals surface area contributed by atoms with Gasteiger partial charge in [-0.25, -0.2) is 13.1 Å². The van der Waals surface area contributed by atoms with Crippen molar-refractivity contribution in [3.8, 4) is 11.4 Å². The highest BCUT2D eigenvalue weighted by atomic mass is 35.5. The summed E-state index contributed by atoms with van der Waals surface area (Å²) in [6.07, 6.45) is -2.18. The average molecular weight is 432 g/mol. The number of benzene rings is 2. The molecule has 3 aromatic rings. The van der Waals surface area contributed by atoms with E-state index in [1.54, 1.807) is 30.3 Å². The summed E-state index contributed by atoms with van der Waals surface area (Å²) < 4.78 is 70.7. The first-order valence-corrected chi connectivity index (χ1v) is 9.62. The lowest BCUT2D eigenvalue weighted by molar-refractivity contribution is -0.153. The molecule has 1 heterocycles. The number of ether oxygens (including phenoxy) is 1. The number of nitrogens with zero attached hydrogens (tertiary/aromatic N) is 2. The molecule has 0 atom stereocenters. The smallest absolute Gasteiger partial charge is 0.422 e. The van der Waals surface area contributed by atoms with E-state index in [1.807, 2.05) is 0 Å². The van der Waals surface area contributed by atoms with E-state index in [1.165, 1.54) is 16.9 Å². The number of nitrogens with one attached hydrogen (secondary N) is 1. The highest BCUT2D eigenvalue weighted by Crippen LogP contribution is 2.31. The summed E-state index contributed by atoms with van der Waals surface area (Å²) in [6, 6.07) is 12.4. The summed E-state index contributed by atoms with van der Waals surface area (Å²) in [5, 5.41) is 4.12. The molecule has 0 radical (unpaired) electrons. The number of sulfonamides is 1. The highest BCUT2D eigenvalue weighted by molar-refractivity contribution is 7.92. The second-order valence-electron chi connectivity index (χ2n) is 5.61. The zero-order chi connectivity index (χ0) is 20.4. The summed E-state index contributed by atoms with van der Waals surface area (Å²) >= 11 is 5.84. The van der Waals surface area contributed by atoms with E-state index in [-0.39, 0.29) is 21.4 Å². The first-order valence-electron chi connectivity index (χ1n) is 7.76. The van der Waals surface area contributed by atoms with Gasteiger partial charge in [0, 0.05) is 5.02 Å². The van der Waals surface area contributed by atoms with Crippen molar-refractivity contribution in [2.45, 2.75) is 11.1 Å². The van der Waals surface area contributed by atoms with E-state index in [9.17, 15) is 21.6 Å². The second kappa shape index (κ2) is 7.72. The van der Waals surface area contributed by atoms with Crippen molar-refractivity contribution in [1.82, 2.24) is 9.78 Å². The SMILES string of the molecule is O=S(=O)(Nc1cc(Cl)ccc1OCC(F)(F)F)c1cnn(-c2ccccc2)c1. The molecule has 2 aromatic carbocycles. The molecule has 0 bridgehead atoms. The topological polar surface area (TPSA) is 73.2 Å². The van der Waals surface area contributed by atoms with Crippen molar-refractivity contribution >= 4 is 27.3 Å². The van der Waals surface area contributed by atoms with Gasteiger partial charge in [-0.2, -0.15) is 18.3 Å². The van der Waals surface area contributed by atoms with Crippen LogP contribution in [0.4, 0.5) is 18.9 Å². The predicted octanol–water partition coefficient (Wildman–Crippen LogP) is 4.27. The number of aromatic nitrogens is 2. The maximum atomic E-state index is 12.6. The quantitative estimate of drug-likeness (QED) is 0.632. The Morgan fingerprint density at radius 3 is 2.54 bits per heavy atom. The fraction of sp³-hybridized carbons (Fsp3) is 0.118. The fourth-order valence-electron chi connectivity index (χ4n) is 2.24. The van der Waals surface area contributed by atoms with Gasteiger partial charge in [0.05, 0.1) is 23.8 Å². The molecule has 0 spiro atoms. The minimum atomic E-state index is -4.58. The Morgan fingerprint density at radius 1 is 1.14 bits per heavy atom. The first-order chi connectivity index (χ1) is 13.1. The Hall–Kier alpha value is -2.72. The van der Waals surface area contributed by atoms with E-state index in [0.29, 0.717) is 5.69 Å². The van der Waals surface area contributed by atoms with Crippen LogP contribution in [0.5, 0.6) is 5.75 Å². The van der Waals surface area contributed by atoms with E-state index in [4.69, 9.17) is 11.6 Å². The average Bonchev–Trinajstić information content (AvgIpc) is 3.12. The lowest BCUT2D eigenvalue weighted by Crippen LogP contribution is -2.20. The number of hydrogen-bond acceptors (Lipinski definition) is 4. The number of anilines is 1. The van der Waals surface area contributed by atoms with Crippen molar-refractivity contribution in [1.29, 1.82) is 0 Å². The molecule has 0 unspecified atom stereocenters. The maximum Gasteiger partial charge on any atom is 0.422 e. The Labute approximate surface area is 163 Å². The van der Waals surface area contributed by atoms with Crippen LogP contribution in [-0.4, -0.2) is 31.0 Å². The van der Waals surface area contributed by atoms with Crippen molar-refractivity contribution in [3.63, 3.8) is 0 Å². The van der Waals surface area contributed by atoms with Crippen LogP contribution in [0, 0.1) is 0 Å². The third-order valence-corrected chi connectivity index (χ3v) is 5.02. The predicted molar refractivity (Wildman–Crippen MR) is 97.4 cm³/mol. The number of alkyl halides is 3. The number of rotatable bonds is 6. The van der Waals surface area contributed by atoms with Crippen LogP contribution in [0.15, 0.2) is 65.8 Å². The van der Waals surface area contributed by atoms with Gasteiger partial charge in [-0.3, -0.25) is 4.72 Å². The normalized spacial score (nSPS) is 12.0. The van der Waals surface area contributed by atoms with Gasteiger partial charge in [-0.1, -0.05) is 29.8 Å². The zero-order valence-electron chi connectivity index (χ0n) is 14.0. The number of hydrogen-bond donors (Lipinski definition) is 1. The molecule has 1 N–H and O–H groups in total. The van der Waals surface area contributed by atoms with Crippen LogP contribution in [-0.2, 0) is 10.0 Å².